The van der Waals surface area contributed by atoms with Crippen molar-refractivity contribution in [2.24, 2.45) is 5.92 Å². The molecule has 1 amide bonds. The number of H-pyrrole nitrogens is 1. The van der Waals surface area contributed by atoms with Crippen molar-refractivity contribution in [1.29, 1.82) is 0 Å². The Hall–Kier alpha value is -5.49. The third-order valence-corrected chi connectivity index (χ3v) is 11.1. The molecule has 4 aromatic carbocycles. The first-order valence-corrected chi connectivity index (χ1v) is 18.9. The fourth-order valence-corrected chi connectivity index (χ4v) is 8.30. The summed E-state index contributed by atoms with van der Waals surface area (Å²) >= 11 is 0. The molecule has 2 bridgehead atoms. The van der Waals surface area contributed by atoms with Gasteiger partial charge >= 0.3 is 6.09 Å². The zero-order valence-corrected chi connectivity index (χ0v) is 30.1. The molecule has 5 heterocycles. The molecule has 2 atom stereocenters. The molecule has 6 aromatic rings. The second-order valence-electron chi connectivity index (χ2n) is 14.6. The van der Waals surface area contributed by atoms with Gasteiger partial charge in [0.05, 0.1) is 23.3 Å². The number of unbranched alkanes of at least 4 members (excludes halogenated alkanes) is 1. The second-order valence-corrected chi connectivity index (χ2v) is 14.6. The highest BCUT2D eigenvalue weighted by Gasteiger charge is 2.41. The van der Waals surface area contributed by atoms with Crippen LogP contribution in [0.1, 0.15) is 54.4 Å². The minimum Gasteiger partial charge on any atom is -0.506 e. The van der Waals surface area contributed by atoms with E-state index in [2.05, 4.69) is 33.4 Å². The maximum atomic E-state index is 12.9. The number of rotatable bonds is 13. The van der Waals surface area contributed by atoms with Gasteiger partial charge in [-0.2, -0.15) is 0 Å². The lowest BCUT2D eigenvalue weighted by molar-refractivity contribution is 0.0837. The van der Waals surface area contributed by atoms with Gasteiger partial charge in [0.25, 0.3) is 0 Å². The lowest BCUT2D eigenvalue weighted by Gasteiger charge is -2.48. The summed E-state index contributed by atoms with van der Waals surface area (Å²) in [5.74, 6) is 1.02. The number of benzene rings is 4. The molecule has 3 aliphatic rings. The lowest BCUT2D eigenvalue weighted by atomic mass is 9.82. The molecule has 3 aliphatic heterocycles. The quantitative estimate of drug-likeness (QED) is 0.0791. The first kappa shape index (κ1) is 35.5. The highest BCUT2D eigenvalue weighted by atomic mass is 16.4. The number of carboxylic acid groups (broad SMARTS) is 1. The molecule has 3 saturated heterocycles. The van der Waals surface area contributed by atoms with Gasteiger partial charge < -0.3 is 34.9 Å². The molecule has 11 nitrogen and oxygen atoms in total. The van der Waals surface area contributed by atoms with E-state index in [-0.39, 0.29) is 23.9 Å². The molecule has 0 unspecified atom stereocenters. The first-order chi connectivity index (χ1) is 26.3. The van der Waals surface area contributed by atoms with Gasteiger partial charge in [-0.1, -0.05) is 54.6 Å². The summed E-state index contributed by atoms with van der Waals surface area (Å²) in [6, 6.07) is 28.3. The Morgan fingerprint density at radius 3 is 2.54 bits per heavy atom. The Labute approximate surface area is 312 Å². The number of hydrogen-bond donors (Lipinski definition) is 5. The number of fused-ring (bicyclic) bond motifs is 5. The molecule has 5 N–H and O–H groups in total. The third kappa shape index (κ3) is 7.48. The number of phenolic OH excluding ortho intramolecular Hbond substituents is 1. The SMILES string of the molecule is O=C(O)N(c1cc(CCCCc2nc3ccc(CNC[C@@H](O)c4ccc(O)c5[nH]c(=O)ccc45)cc3o2)ccc1-c1ccccc1)[C@H]1CN2CCC1CC2. The third-order valence-electron chi connectivity index (χ3n) is 11.1. The number of hydrogen-bond acceptors (Lipinski definition) is 8. The topological polar surface area (TPSA) is 155 Å². The molecule has 54 heavy (non-hydrogen) atoms. The van der Waals surface area contributed by atoms with Crippen molar-refractivity contribution in [3.8, 4) is 16.9 Å². The predicted molar refractivity (Wildman–Crippen MR) is 209 cm³/mol. The monoisotopic (exact) mass is 727 g/mol. The minimum absolute atomic E-state index is 0.0437. The maximum Gasteiger partial charge on any atom is 0.412 e. The van der Waals surface area contributed by atoms with Crippen molar-refractivity contribution in [2.45, 2.75) is 57.2 Å². The van der Waals surface area contributed by atoms with Gasteiger partial charge in [0.15, 0.2) is 11.5 Å². The number of carbonyl (C=O) groups is 1. The molecule has 11 heteroatoms. The Bertz CT molecular complexity index is 2330. The number of phenols is 1. The fourth-order valence-electron chi connectivity index (χ4n) is 8.30. The Morgan fingerprint density at radius 1 is 0.963 bits per heavy atom. The van der Waals surface area contributed by atoms with E-state index in [0.29, 0.717) is 46.8 Å². The zero-order chi connectivity index (χ0) is 37.2. The van der Waals surface area contributed by atoms with Crippen LogP contribution < -0.4 is 15.8 Å². The van der Waals surface area contributed by atoms with Gasteiger partial charge in [0.2, 0.25) is 5.56 Å². The number of anilines is 1. The van der Waals surface area contributed by atoms with Crippen LogP contribution in [0.3, 0.4) is 0 Å². The number of oxazole rings is 1. The van der Waals surface area contributed by atoms with Gasteiger partial charge in [-0.25, -0.2) is 9.78 Å². The summed E-state index contributed by atoms with van der Waals surface area (Å²) in [6.45, 7) is 3.65. The number of aromatic amines is 1. The minimum atomic E-state index is -0.891. The smallest absolute Gasteiger partial charge is 0.412 e. The number of aryl methyl sites for hydroxylation is 2. The number of aliphatic hydroxyl groups is 1. The summed E-state index contributed by atoms with van der Waals surface area (Å²) in [6.07, 6.45) is 3.62. The summed E-state index contributed by atoms with van der Waals surface area (Å²) in [5, 5.41) is 35.5. The van der Waals surface area contributed by atoms with Crippen molar-refractivity contribution in [1.82, 2.24) is 20.2 Å². The van der Waals surface area contributed by atoms with Crippen LogP contribution in [0.4, 0.5) is 10.5 Å². The number of nitrogens with one attached hydrogen (secondary N) is 2. The molecule has 0 aliphatic carbocycles. The number of aromatic hydroxyl groups is 1. The average Bonchev–Trinajstić information content (AvgIpc) is 3.60. The second kappa shape index (κ2) is 15.5. The molecule has 0 saturated carbocycles. The molecule has 2 aromatic heterocycles. The fraction of sp³-hybridized carbons (Fsp3) is 0.326. The van der Waals surface area contributed by atoms with Crippen LogP contribution in [0.5, 0.6) is 5.75 Å². The summed E-state index contributed by atoms with van der Waals surface area (Å²) in [7, 11) is 0. The largest absolute Gasteiger partial charge is 0.506 e. The summed E-state index contributed by atoms with van der Waals surface area (Å²) in [4.78, 5) is 36.1. The normalized spacial score (nSPS) is 18.6. The van der Waals surface area contributed by atoms with Crippen LogP contribution in [0.15, 0.2) is 100 Å². The summed E-state index contributed by atoms with van der Waals surface area (Å²) in [5.41, 5.74) is 6.93. The van der Waals surface area contributed by atoms with Crippen LogP contribution in [-0.2, 0) is 19.4 Å². The van der Waals surface area contributed by atoms with Crippen molar-refractivity contribution in [3.05, 3.63) is 124 Å². The lowest BCUT2D eigenvalue weighted by Crippen LogP contribution is -2.59. The van der Waals surface area contributed by atoms with E-state index >= 15 is 0 Å². The predicted octanol–water partition coefficient (Wildman–Crippen LogP) is 7.01. The number of aromatic nitrogens is 2. The van der Waals surface area contributed by atoms with Gasteiger partial charge in [-0.05, 0) is 104 Å². The molecule has 9 rings (SSSR count). The number of piperidine rings is 3. The molecule has 3 fully saturated rings. The van der Waals surface area contributed by atoms with Crippen molar-refractivity contribution in [2.75, 3.05) is 31.1 Å². The van der Waals surface area contributed by atoms with Gasteiger partial charge in [0, 0.05) is 43.1 Å². The highest BCUT2D eigenvalue weighted by Crippen LogP contribution is 2.39. The number of amides is 1. The van der Waals surface area contributed by atoms with E-state index in [9.17, 15) is 24.9 Å². The van der Waals surface area contributed by atoms with E-state index in [1.54, 1.807) is 17.0 Å². The van der Waals surface area contributed by atoms with Gasteiger partial charge in [-0.3, -0.25) is 9.69 Å². The van der Waals surface area contributed by atoms with E-state index < -0.39 is 12.2 Å². The van der Waals surface area contributed by atoms with Crippen LogP contribution in [0.25, 0.3) is 33.1 Å². The van der Waals surface area contributed by atoms with Crippen molar-refractivity contribution >= 4 is 33.8 Å². The van der Waals surface area contributed by atoms with Gasteiger partial charge in [-0.15, -0.1) is 0 Å². The van der Waals surface area contributed by atoms with Crippen molar-refractivity contribution in [3.63, 3.8) is 0 Å². The Kier molecular flexibility index (Phi) is 10.2. The van der Waals surface area contributed by atoms with E-state index in [0.717, 1.165) is 85.2 Å². The highest BCUT2D eigenvalue weighted by molar-refractivity contribution is 5.94. The number of pyridine rings is 1. The Morgan fingerprint density at radius 2 is 1.76 bits per heavy atom. The Balaban J connectivity index is 0.892. The standard InChI is InChI=1S/C43H45N5O6/c49-37-16-13-32(33-14-17-40(51)46-42(33)37)38(50)25-44-24-28-11-15-34-39(23-28)54-41(45-34)9-5-4-6-27-10-12-31(29-7-2-1-3-8-29)35(22-27)48(43(52)53)36-26-47-20-18-30(36)19-21-47/h1-3,7-8,10-17,22-23,30,36,38,44,49-50H,4-6,9,18-21,24-26H2,(H,46,51)(H,52,53)/t36-,38+/m0/s1. The molecular formula is C43H45N5O6. The number of aliphatic hydroxyl groups excluding tert-OH is 1. The van der Waals surface area contributed by atoms with Crippen LogP contribution in [0, 0.1) is 5.92 Å². The molecule has 0 spiro atoms. The maximum absolute atomic E-state index is 12.9. The van der Waals surface area contributed by atoms with Crippen LogP contribution in [0.2, 0.25) is 0 Å². The van der Waals surface area contributed by atoms with Crippen LogP contribution in [-0.4, -0.2) is 68.5 Å². The van der Waals surface area contributed by atoms with E-state index in [4.69, 9.17) is 9.40 Å². The van der Waals surface area contributed by atoms with Crippen molar-refractivity contribution < 1.29 is 24.5 Å². The van der Waals surface area contributed by atoms with E-state index in [1.807, 2.05) is 48.5 Å². The molecule has 278 valence electrons. The molecular weight excluding hydrogens is 683 g/mol. The summed E-state index contributed by atoms with van der Waals surface area (Å²) < 4.78 is 6.14. The first-order valence-electron chi connectivity index (χ1n) is 18.9. The van der Waals surface area contributed by atoms with Crippen LogP contribution >= 0.6 is 0 Å². The van der Waals surface area contributed by atoms with E-state index in [1.165, 1.54) is 12.1 Å². The average molecular weight is 728 g/mol. The van der Waals surface area contributed by atoms with Gasteiger partial charge in [0.1, 0.15) is 11.3 Å². The molecule has 0 radical (unpaired) electrons. The zero-order valence-electron chi connectivity index (χ0n) is 30.1. The number of nitrogens with zero attached hydrogens (tertiary/aromatic N) is 3.